The Morgan fingerprint density at radius 2 is 1.78 bits per heavy atom. The summed E-state index contributed by atoms with van der Waals surface area (Å²) in [5.41, 5.74) is 3.00. The number of nitrogens with zero attached hydrogens (tertiary/aromatic N) is 1. The molecule has 1 atom stereocenters. The van der Waals surface area contributed by atoms with Gasteiger partial charge < -0.3 is 10.4 Å². The van der Waals surface area contributed by atoms with Crippen LogP contribution < -0.4 is 5.32 Å². The Morgan fingerprint density at radius 1 is 1.13 bits per heavy atom. The normalized spacial score (nSPS) is 12.2. The fourth-order valence-electron chi connectivity index (χ4n) is 2.74. The molecule has 0 saturated heterocycles. The van der Waals surface area contributed by atoms with Crippen LogP contribution in [0.3, 0.4) is 0 Å². The van der Waals surface area contributed by atoms with Crippen LogP contribution in [0.25, 0.3) is 0 Å². The van der Waals surface area contributed by atoms with Crippen molar-refractivity contribution in [2.75, 3.05) is 20.7 Å². The molecule has 0 bridgehead atoms. The van der Waals surface area contributed by atoms with E-state index in [9.17, 15) is 9.90 Å². The number of carbonyl (C=O) groups is 1. The van der Waals surface area contributed by atoms with Crippen LogP contribution in [0.1, 0.15) is 33.9 Å². The Morgan fingerprint density at radius 3 is 2.35 bits per heavy atom. The van der Waals surface area contributed by atoms with Crippen LogP contribution in [0, 0.1) is 0 Å². The van der Waals surface area contributed by atoms with Crippen LogP contribution in [-0.2, 0) is 6.54 Å². The molecule has 2 aromatic rings. The van der Waals surface area contributed by atoms with E-state index in [1.807, 2.05) is 42.5 Å². The second-order valence-corrected chi connectivity index (χ2v) is 5.63. The monoisotopic (exact) mass is 312 g/mol. The predicted molar refractivity (Wildman–Crippen MR) is 92.2 cm³/mol. The summed E-state index contributed by atoms with van der Waals surface area (Å²) in [5.74, 6) is -0.0765. The molecule has 0 fully saturated rings. The van der Waals surface area contributed by atoms with Gasteiger partial charge in [-0.2, -0.15) is 0 Å². The smallest absolute Gasteiger partial charge is 0.251 e. The van der Waals surface area contributed by atoms with Crippen LogP contribution in [0.2, 0.25) is 0 Å². The molecule has 4 nitrogen and oxygen atoms in total. The first-order valence-corrected chi connectivity index (χ1v) is 7.82. The molecule has 0 aliphatic rings. The number of amides is 1. The Bertz CT molecular complexity index is 611. The largest absolute Gasteiger partial charge is 0.396 e. The minimum Gasteiger partial charge on any atom is -0.396 e. The third kappa shape index (κ3) is 4.65. The number of aliphatic hydroxyl groups is 1. The molecule has 0 spiro atoms. The molecule has 4 heteroatoms. The summed E-state index contributed by atoms with van der Waals surface area (Å²) < 4.78 is 0. The molecule has 2 N–H and O–H groups in total. The van der Waals surface area contributed by atoms with Crippen LogP contribution in [-0.4, -0.2) is 36.6 Å². The van der Waals surface area contributed by atoms with Crippen molar-refractivity contribution < 1.29 is 9.90 Å². The van der Waals surface area contributed by atoms with E-state index in [0.717, 1.165) is 12.1 Å². The van der Waals surface area contributed by atoms with E-state index in [2.05, 4.69) is 29.4 Å². The third-order valence-corrected chi connectivity index (χ3v) is 3.99. The predicted octanol–water partition coefficient (Wildman–Crippen LogP) is 2.60. The van der Waals surface area contributed by atoms with Crippen LogP contribution >= 0.6 is 0 Å². The molecule has 2 aromatic carbocycles. The first-order chi connectivity index (χ1) is 11.2. The highest BCUT2D eigenvalue weighted by Crippen LogP contribution is 2.24. The zero-order chi connectivity index (χ0) is 16.7. The number of benzene rings is 2. The summed E-state index contributed by atoms with van der Waals surface area (Å²) in [6, 6.07) is 18.0. The Balaban J connectivity index is 2.09. The van der Waals surface area contributed by atoms with Gasteiger partial charge in [0.05, 0.1) is 0 Å². The lowest BCUT2D eigenvalue weighted by atomic mass is 10.0. The highest BCUT2D eigenvalue weighted by Gasteiger charge is 2.16. The maximum atomic E-state index is 11.6. The maximum Gasteiger partial charge on any atom is 0.251 e. The summed E-state index contributed by atoms with van der Waals surface area (Å²) in [5, 5.41) is 12.0. The molecule has 0 aliphatic carbocycles. The molecule has 0 heterocycles. The van der Waals surface area contributed by atoms with Gasteiger partial charge in [0.1, 0.15) is 0 Å². The third-order valence-electron chi connectivity index (χ3n) is 3.99. The second-order valence-electron chi connectivity index (χ2n) is 5.63. The van der Waals surface area contributed by atoms with E-state index in [-0.39, 0.29) is 18.6 Å². The summed E-state index contributed by atoms with van der Waals surface area (Å²) in [6.07, 6.45) is 0.691. The van der Waals surface area contributed by atoms with Gasteiger partial charge in [-0.3, -0.25) is 9.69 Å². The molecule has 122 valence electrons. The molecule has 0 radical (unpaired) electrons. The Hall–Kier alpha value is -2.17. The molecule has 0 aliphatic heterocycles. The highest BCUT2D eigenvalue weighted by molar-refractivity contribution is 5.93. The van der Waals surface area contributed by atoms with Crippen molar-refractivity contribution in [3.8, 4) is 0 Å². The quantitative estimate of drug-likeness (QED) is 0.826. The van der Waals surface area contributed by atoms with Crippen LogP contribution in [0.5, 0.6) is 0 Å². The summed E-state index contributed by atoms with van der Waals surface area (Å²) in [4.78, 5) is 13.8. The molecule has 23 heavy (non-hydrogen) atoms. The zero-order valence-corrected chi connectivity index (χ0v) is 13.7. The summed E-state index contributed by atoms with van der Waals surface area (Å²) >= 11 is 0. The van der Waals surface area contributed by atoms with Crippen molar-refractivity contribution in [2.24, 2.45) is 0 Å². The number of rotatable bonds is 7. The lowest BCUT2D eigenvalue weighted by Crippen LogP contribution is -2.25. The number of aliphatic hydroxyl groups excluding tert-OH is 1. The molecular formula is C19H24N2O2. The van der Waals surface area contributed by atoms with Gasteiger partial charge in [-0.05, 0) is 36.7 Å². The van der Waals surface area contributed by atoms with E-state index in [1.165, 1.54) is 5.56 Å². The van der Waals surface area contributed by atoms with E-state index in [0.29, 0.717) is 12.0 Å². The zero-order valence-electron chi connectivity index (χ0n) is 13.7. The minimum atomic E-state index is -0.0765. The molecule has 1 unspecified atom stereocenters. The number of hydrogen-bond donors (Lipinski definition) is 2. The lowest BCUT2D eigenvalue weighted by molar-refractivity contribution is 0.0963. The second kappa shape index (κ2) is 8.46. The van der Waals surface area contributed by atoms with E-state index in [4.69, 9.17) is 0 Å². The van der Waals surface area contributed by atoms with Crippen molar-refractivity contribution in [2.45, 2.75) is 19.0 Å². The number of hydrogen-bond acceptors (Lipinski definition) is 3. The SMILES string of the molecule is CNC(=O)c1ccc(CN(C)C(CCO)c2ccccc2)cc1. The van der Waals surface area contributed by atoms with Crippen molar-refractivity contribution in [1.82, 2.24) is 10.2 Å². The topological polar surface area (TPSA) is 52.6 Å². The standard InChI is InChI=1S/C19H24N2O2/c1-20-19(23)17-10-8-15(9-11-17)14-21(2)18(12-13-22)16-6-4-3-5-7-16/h3-11,18,22H,12-14H2,1-2H3,(H,20,23). The van der Waals surface area contributed by atoms with Gasteiger partial charge in [-0.1, -0.05) is 42.5 Å². The van der Waals surface area contributed by atoms with Gasteiger partial charge in [-0.15, -0.1) is 0 Å². The number of carbonyl (C=O) groups excluding carboxylic acids is 1. The molecule has 2 rings (SSSR count). The van der Waals surface area contributed by atoms with Gasteiger partial charge in [-0.25, -0.2) is 0 Å². The van der Waals surface area contributed by atoms with Gasteiger partial charge in [0.25, 0.3) is 5.91 Å². The van der Waals surface area contributed by atoms with Crippen molar-refractivity contribution in [3.63, 3.8) is 0 Å². The van der Waals surface area contributed by atoms with E-state index >= 15 is 0 Å². The van der Waals surface area contributed by atoms with Crippen molar-refractivity contribution in [3.05, 3.63) is 71.3 Å². The van der Waals surface area contributed by atoms with Crippen molar-refractivity contribution in [1.29, 1.82) is 0 Å². The molecule has 0 aromatic heterocycles. The fourth-order valence-corrected chi connectivity index (χ4v) is 2.74. The first kappa shape index (κ1) is 17.2. The van der Waals surface area contributed by atoms with Gasteiger partial charge >= 0.3 is 0 Å². The fraction of sp³-hybridized carbons (Fsp3) is 0.316. The van der Waals surface area contributed by atoms with Crippen LogP contribution in [0.4, 0.5) is 0 Å². The molecule has 0 saturated carbocycles. The maximum absolute atomic E-state index is 11.6. The summed E-state index contributed by atoms with van der Waals surface area (Å²) in [6.45, 7) is 0.910. The van der Waals surface area contributed by atoms with E-state index in [1.54, 1.807) is 7.05 Å². The average Bonchev–Trinajstić information content (AvgIpc) is 2.60. The van der Waals surface area contributed by atoms with E-state index < -0.39 is 0 Å². The Labute approximate surface area is 137 Å². The highest BCUT2D eigenvalue weighted by atomic mass is 16.3. The lowest BCUT2D eigenvalue weighted by Gasteiger charge is -2.28. The van der Waals surface area contributed by atoms with Gasteiger partial charge in [0.2, 0.25) is 0 Å². The number of nitrogens with one attached hydrogen (secondary N) is 1. The minimum absolute atomic E-state index is 0.0765. The summed E-state index contributed by atoms with van der Waals surface area (Å²) in [7, 11) is 3.68. The van der Waals surface area contributed by atoms with Crippen LogP contribution in [0.15, 0.2) is 54.6 Å². The average molecular weight is 312 g/mol. The van der Waals surface area contributed by atoms with Gasteiger partial charge in [0, 0.05) is 31.8 Å². The van der Waals surface area contributed by atoms with Gasteiger partial charge in [0.15, 0.2) is 0 Å². The molecular weight excluding hydrogens is 288 g/mol. The first-order valence-electron chi connectivity index (χ1n) is 7.82. The van der Waals surface area contributed by atoms with Crippen molar-refractivity contribution >= 4 is 5.91 Å². The Kier molecular flexibility index (Phi) is 6.32. The molecule has 1 amide bonds.